The zero-order valence-electron chi connectivity index (χ0n) is 7.55. The topological polar surface area (TPSA) is 64.9 Å². The van der Waals surface area contributed by atoms with E-state index in [9.17, 15) is 0 Å². The SMILES string of the molecule is NS[CH]c1nc(-c2ccc(Cl)cc2)no1. The van der Waals surface area contributed by atoms with Crippen LogP contribution >= 0.6 is 23.5 Å². The van der Waals surface area contributed by atoms with Gasteiger partial charge in [-0.15, -0.1) is 0 Å². The van der Waals surface area contributed by atoms with E-state index < -0.39 is 0 Å². The van der Waals surface area contributed by atoms with Crippen molar-refractivity contribution in [3.05, 3.63) is 40.9 Å². The maximum Gasteiger partial charge on any atom is 0.243 e. The molecule has 0 atom stereocenters. The summed E-state index contributed by atoms with van der Waals surface area (Å²) in [4.78, 5) is 4.12. The number of nitrogens with zero attached hydrogens (tertiary/aromatic N) is 2. The maximum absolute atomic E-state index is 5.76. The van der Waals surface area contributed by atoms with Crippen LogP contribution in [0.1, 0.15) is 5.89 Å². The van der Waals surface area contributed by atoms with Gasteiger partial charge in [0.15, 0.2) is 0 Å². The summed E-state index contributed by atoms with van der Waals surface area (Å²) in [5.41, 5.74) is 0.852. The Bertz CT molecular complexity index is 443. The highest BCUT2D eigenvalue weighted by atomic mass is 35.5. The molecule has 0 aliphatic heterocycles. The third-order valence-electron chi connectivity index (χ3n) is 1.71. The number of nitrogens with two attached hydrogens (primary N) is 1. The summed E-state index contributed by atoms with van der Waals surface area (Å²) < 4.78 is 4.94. The molecule has 0 saturated heterocycles. The van der Waals surface area contributed by atoms with Gasteiger partial charge in [0.1, 0.15) is 5.75 Å². The van der Waals surface area contributed by atoms with E-state index in [1.165, 1.54) is 0 Å². The van der Waals surface area contributed by atoms with E-state index in [0.717, 1.165) is 17.5 Å². The second kappa shape index (κ2) is 4.65. The van der Waals surface area contributed by atoms with Crippen molar-refractivity contribution in [2.24, 2.45) is 5.14 Å². The fraction of sp³-hybridized carbons (Fsp3) is 0. The van der Waals surface area contributed by atoms with Crippen LogP contribution in [0.2, 0.25) is 5.02 Å². The molecule has 1 heterocycles. The van der Waals surface area contributed by atoms with Crippen LogP contribution in [0, 0.1) is 5.75 Å². The van der Waals surface area contributed by atoms with E-state index >= 15 is 0 Å². The number of rotatable bonds is 3. The standard InChI is InChI=1S/C9H7ClN3OS/c10-7-3-1-6(2-4-7)9-12-8(5-15-11)14-13-9/h1-5H,11H2. The van der Waals surface area contributed by atoms with Crippen molar-refractivity contribution in [3.8, 4) is 11.4 Å². The molecule has 15 heavy (non-hydrogen) atoms. The normalized spacial score (nSPS) is 10.5. The Balaban J connectivity index is 2.25. The summed E-state index contributed by atoms with van der Waals surface area (Å²) in [7, 11) is 0. The predicted octanol–water partition coefficient (Wildman–Crippen LogP) is 2.51. The van der Waals surface area contributed by atoms with Crippen molar-refractivity contribution in [2.75, 3.05) is 0 Å². The second-order valence-corrected chi connectivity index (χ2v) is 3.66. The Morgan fingerprint density at radius 1 is 1.33 bits per heavy atom. The van der Waals surface area contributed by atoms with E-state index in [0.29, 0.717) is 16.7 Å². The van der Waals surface area contributed by atoms with Gasteiger partial charge in [-0.3, -0.25) is 5.14 Å². The van der Waals surface area contributed by atoms with Crippen molar-refractivity contribution in [3.63, 3.8) is 0 Å². The quantitative estimate of drug-likeness (QED) is 0.835. The van der Waals surface area contributed by atoms with Crippen LogP contribution in [0.3, 0.4) is 0 Å². The molecule has 6 heteroatoms. The Kier molecular flexibility index (Phi) is 3.25. The van der Waals surface area contributed by atoms with E-state index in [4.69, 9.17) is 21.3 Å². The average molecular weight is 241 g/mol. The van der Waals surface area contributed by atoms with E-state index in [1.807, 2.05) is 12.1 Å². The van der Waals surface area contributed by atoms with Gasteiger partial charge in [-0.25, -0.2) is 0 Å². The molecule has 0 amide bonds. The lowest BCUT2D eigenvalue weighted by Gasteiger charge is -1.92. The van der Waals surface area contributed by atoms with Crippen LogP contribution in [0.15, 0.2) is 28.8 Å². The lowest BCUT2D eigenvalue weighted by Crippen LogP contribution is -1.83. The minimum Gasteiger partial charge on any atom is -0.338 e. The van der Waals surface area contributed by atoms with Crippen LogP contribution in [0.5, 0.6) is 0 Å². The van der Waals surface area contributed by atoms with Crippen molar-refractivity contribution >= 4 is 23.5 Å². The lowest BCUT2D eigenvalue weighted by molar-refractivity contribution is 0.403. The molecule has 77 valence electrons. The predicted molar refractivity (Wildman–Crippen MR) is 59.9 cm³/mol. The minimum atomic E-state index is 0.396. The highest BCUT2D eigenvalue weighted by molar-refractivity contribution is 7.99. The third kappa shape index (κ3) is 2.50. The van der Waals surface area contributed by atoms with Crippen LogP contribution in [-0.2, 0) is 0 Å². The first kappa shape index (κ1) is 10.5. The average Bonchev–Trinajstić information content (AvgIpc) is 2.68. The first-order chi connectivity index (χ1) is 7.29. The maximum atomic E-state index is 5.76. The number of hydrogen-bond acceptors (Lipinski definition) is 5. The smallest absolute Gasteiger partial charge is 0.243 e. The zero-order valence-corrected chi connectivity index (χ0v) is 9.13. The molecule has 0 bridgehead atoms. The van der Waals surface area contributed by atoms with Gasteiger partial charge < -0.3 is 4.52 Å². The molecule has 0 saturated carbocycles. The summed E-state index contributed by atoms with van der Waals surface area (Å²) in [6.45, 7) is 0. The van der Waals surface area contributed by atoms with Gasteiger partial charge in [0.25, 0.3) is 0 Å². The molecular formula is C9H7ClN3OS. The van der Waals surface area contributed by atoms with Crippen LogP contribution in [0.4, 0.5) is 0 Å². The molecule has 0 spiro atoms. The van der Waals surface area contributed by atoms with Crippen LogP contribution in [-0.4, -0.2) is 10.1 Å². The highest BCUT2D eigenvalue weighted by Gasteiger charge is 2.07. The Hall–Kier alpha value is -1.04. The molecule has 1 aromatic heterocycles. The van der Waals surface area contributed by atoms with Crippen LogP contribution in [0.25, 0.3) is 11.4 Å². The van der Waals surface area contributed by atoms with Gasteiger partial charge in [0, 0.05) is 10.6 Å². The minimum absolute atomic E-state index is 0.396. The van der Waals surface area contributed by atoms with Gasteiger partial charge in [0.05, 0.1) is 0 Å². The second-order valence-electron chi connectivity index (χ2n) is 2.72. The molecule has 0 unspecified atom stereocenters. The van der Waals surface area contributed by atoms with E-state index in [2.05, 4.69) is 10.1 Å². The lowest BCUT2D eigenvalue weighted by atomic mass is 10.2. The first-order valence-electron chi connectivity index (χ1n) is 4.08. The summed E-state index contributed by atoms with van der Waals surface area (Å²) in [5.74, 6) is 2.49. The Morgan fingerprint density at radius 3 is 2.73 bits per heavy atom. The fourth-order valence-electron chi connectivity index (χ4n) is 1.06. The number of aromatic nitrogens is 2. The molecule has 1 radical (unpaired) electrons. The number of benzene rings is 1. The summed E-state index contributed by atoms with van der Waals surface area (Å²) in [6.07, 6.45) is 0. The monoisotopic (exact) mass is 240 g/mol. The molecule has 1 aromatic carbocycles. The molecule has 2 N–H and O–H groups in total. The zero-order chi connectivity index (χ0) is 10.7. The summed E-state index contributed by atoms with van der Waals surface area (Å²) in [6, 6.07) is 7.20. The van der Waals surface area contributed by atoms with Crippen molar-refractivity contribution in [2.45, 2.75) is 0 Å². The third-order valence-corrected chi connectivity index (χ3v) is 2.30. The molecule has 0 aliphatic rings. The van der Waals surface area contributed by atoms with Crippen LogP contribution < -0.4 is 5.14 Å². The summed E-state index contributed by atoms with van der Waals surface area (Å²) in [5, 5.41) is 9.72. The van der Waals surface area contributed by atoms with E-state index in [-0.39, 0.29) is 0 Å². The van der Waals surface area contributed by atoms with Gasteiger partial charge in [-0.2, -0.15) is 4.98 Å². The van der Waals surface area contributed by atoms with Crippen molar-refractivity contribution < 1.29 is 4.52 Å². The first-order valence-corrected chi connectivity index (χ1v) is 5.40. The van der Waals surface area contributed by atoms with E-state index in [1.54, 1.807) is 17.9 Å². The molecule has 0 aliphatic carbocycles. The molecule has 2 aromatic rings. The number of halogens is 1. The van der Waals surface area contributed by atoms with Gasteiger partial charge in [0.2, 0.25) is 11.7 Å². The summed E-state index contributed by atoms with van der Waals surface area (Å²) >= 11 is 6.79. The van der Waals surface area contributed by atoms with Crippen molar-refractivity contribution in [1.82, 2.24) is 10.1 Å². The molecule has 2 rings (SSSR count). The molecule has 0 fully saturated rings. The van der Waals surface area contributed by atoms with Crippen molar-refractivity contribution in [1.29, 1.82) is 0 Å². The fourth-order valence-corrected chi connectivity index (χ4v) is 1.40. The largest absolute Gasteiger partial charge is 0.338 e. The van der Waals surface area contributed by atoms with Gasteiger partial charge >= 0.3 is 0 Å². The van der Waals surface area contributed by atoms with Gasteiger partial charge in [-0.05, 0) is 24.3 Å². The Labute approximate surface area is 95.9 Å². The highest BCUT2D eigenvalue weighted by Crippen LogP contribution is 2.19. The molecule has 4 nitrogen and oxygen atoms in total. The van der Waals surface area contributed by atoms with Gasteiger partial charge in [-0.1, -0.05) is 28.7 Å². The molecular weight excluding hydrogens is 234 g/mol. The number of hydrogen-bond donors (Lipinski definition) is 1. The Morgan fingerprint density at radius 2 is 2.07 bits per heavy atom.